The van der Waals surface area contributed by atoms with Gasteiger partial charge in [0.25, 0.3) is 5.71 Å². The van der Waals surface area contributed by atoms with Crippen LogP contribution in [0.2, 0.25) is 0 Å². The van der Waals surface area contributed by atoms with E-state index in [0.717, 1.165) is 6.42 Å². The monoisotopic (exact) mass is 196 g/mol. The molecule has 1 aliphatic rings. The normalized spacial score (nSPS) is 14.9. The molecule has 0 amide bonds. The molecule has 0 saturated heterocycles. The van der Waals surface area contributed by atoms with Gasteiger partial charge in [-0.25, -0.2) is 0 Å². The van der Waals surface area contributed by atoms with E-state index < -0.39 is 0 Å². The van der Waals surface area contributed by atoms with Gasteiger partial charge in [0.05, 0.1) is 13.0 Å². The second-order valence-electron chi connectivity index (χ2n) is 2.71. The second-order valence-corrected chi connectivity index (χ2v) is 2.71. The van der Waals surface area contributed by atoms with E-state index in [1.165, 1.54) is 0 Å². The summed E-state index contributed by atoms with van der Waals surface area (Å²) in [6.45, 7) is 2.45. The minimum absolute atomic E-state index is 0.486. The first kappa shape index (κ1) is 10.7. The summed E-state index contributed by atoms with van der Waals surface area (Å²) < 4.78 is 0. The molecule has 0 bridgehead atoms. The molecule has 0 atom stereocenters. The zero-order chi connectivity index (χ0) is 10.2. The molecule has 0 N–H and O–H groups in total. The Balaban J connectivity index is 2.25. The van der Waals surface area contributed by atoms with Crippen molar-refractivity contribution in [1.29, 1.82) is 0 Å². The summed E-state index contributed by atoms with van der Waals surface area (Å²) in [4.78, 5) is 12.5. The van der Waals surface area contributed by atoms with Crippen molar-refractivity contribution in [1.82, 2.24) is 0 Å². The van der Waals surface area contributed by atoms with Crippen molar-refractivity contribution in [3.05, 3.63) is 29.5 Å². The van der Waals surface area contributed by atoms with E-state index in [0.29, 0.717) is 24.5 Å². The molecule has 5 nitrogen and oxygen atoms in total. The third kappa shape index (κ3) is 3.53. The summed E-state index contributed by atoms with van der Waals surface area (Å²) in [6.07, 6.45) is 6.37. The Labute approximate surface area is 82.1 Å². The topological polar surface area (TPSA) is 64.1 Å². The molecule has 0 saturated carbocycles. The lowest BCUT2D eigenvalue weighted by atomic mass is 10.1. The van der Waals surface area contributed by atoms with Gasteiger partial charge in [-0.15, -0.1) is 0 Å². The highest BCUT2D eigenvalue weighted by atomic mass is 17.5. The van der Waals surface area contributed by atoms with E-state index in [1.807, 2.05) is 6.92 Å². The molecule has 5 heteroatoms. The van der Waals surface area contributed by atoms with Crippen molar-refractivity contribution >= 4 is 5.71 Å². The second kappa shape index (κ2) is 6.10. The Hall–Kier alpha value is -1.42. The predicted octanol–water partition coefficient (Wildman–Crippen LogP) is 1.79. The summed E-state index contributed by atoms with van der Waals surface area (Å²) in [7, 11) is 0. The molecule has 76 valence electrons. The zero-order valence-corrected chi connectivity index (χ0v) is 7.97. The average Bonchev–Trinajstić information content (AvgIpc) is 2.25. The first-order valence-corrected chi connectivity index (χ1v) is 4.42. The lowest BCUT2D eigenvalue weighted by Gasteiger charge is -2.04. The fourth-order valence-electron chi connectivity index (χ4n) is 0.836. The molecule has 0 unspecified atom stereocenters. The van der Waals surface area contributed by atoms with Gasteiger partial charge in [0.1, 0.15) is 0 Å². The van der Waals surface area contributed by atoms with Crippen LogP contribution in [0.4, 0.5) is 0 Å². The van der Waals surface area contributed by atoms with Crippen LogP contribution in [0.15, 0.2) is 24.0 Å². The van der Waals surface area contributed by atoms with Gasteiger partial charge in [0.2, 0.25) is 0 Å². The third-order valence-corrected chi connectivity index (χ3v) is 1.55. The van der Waals surface area contributed by atoms with Crippen LogP contribution in [0.3, 0.4) is 0 Å². The molecule has 0 aromatic heterocycles. The van der Waals surface area contributed by atoms with Crippen LogP contribution in [-0.4, -0.2) is 17.1 Å². The van der Waals surface area contributed by atoms with Gasteiger partial charge in [0.15, 0.2) is 5.76 Å². The van der Waals surface area contributed by atoms with Crippen LogP contribution in [0.5, 0.6) is 0 Å². The van der Waals surface area contributed by atoms with Crippen molar-refractivity contribution < 1.29 is 19.6 Å². The highest BCUT2D eigenvalue weighted by Gasteiger charge is 2.09. The van der Waals surface area contributed by atoms with Crippen molar-refractivity contribution in [2.75, 3.05) is 6.61 Å². The van der Waals surface area contributed by atoms with E-state index in [1.54, 1.807) is 18.2 Å². The van der Waals surface area contributed by atoms with Crippen molar-refractivity contribution in [3.8, 4) is 0 Å². The molecule has 0 spiro atoms. The molecule has 0 radical (unpaired) electrons. The van der Waals surface area contributed by atoms with Gasteiger partial charge < -0.3 is 10.4 Å². The van der Waals surface area contributed by atoms with Crippen molar-refractivity contribution in [3.63, 3.8) is 0 Å². The van der Waals surface area contributed by atoms with Crippen LogP contribution in [0, 0.1) is 0 Å². The molecule has 1 aliphatic carbocycles. The molecule has 0 fully saturated rings. The Morgan fingerprint density at radius 2 is 2.36 bits per heavy atom. The van der Waals surface area contributed by atoms with Crippen LogP contribution < -0.4 is 0 Å². The van der Waals surface area contributed by atoms with E-state index in [9.17, 15) is 0 Å². The fraction of sp³-hybridized carbons (Fsp3) is 0.444. The smallest absolute Gasteiger partial charge is 0.296 e. The van der Waals surface area contributed by atoms with E-state index in [-0.39, 0.29) is 0 Å². The fourth-order valence-corrected chi connectivity index (χ4v) is 0.836. The van der Waals surface area contributed by atoms with Gasteiger partial charge in [-0.2, -0.15) is 9.68 Å². The minimum atomic E-state index is 0.486. The molecule has 0 aromatic carbocycles. The number of allylic oxidation sites excluding steroid dienone is 3. The lowest BCUT2D eigenvalue weighted by molar-refractivity contribution is -0.494. The standard InChI is InChI=1S/C9H12N2O3/c1-2-7-12-14-13-9-5-3-8(11-10)4-6-9/h3,5-6H,2,4,7H2,1H3. The van der Waals surface area contributed by atoms with Crippen molar-refractivity contribution in [2.45, 2.75) is 19.8 Å². The van der Waals surface area contributed by atoms with Gasteiger partial charge in [-0.3, -0.25) is 0 Å². The molecular formula is C9H12N2O3. The number of hydrogen-bond donors (Lipinski definition) is 0. The number of rotatable bonds is 5. The average molecular weight is 196 g/mol. The summed E-state index contributed by atoms with van der Waals surface area (Å²) in [5, 5.41) is 4.46. The number of hydrogen-bond acceptors (Lipinski definition) is 3. The Morgan fingerprint density at radius 1 is 1.50 bits per heavy atom. The largest absolute Gasteiger partial charge is 0.361 e. The minimum Gasteiger partial charge on any atom is -0.361 e. The maximum absolute atomic E-state index is 8.43. The third-order valence-electron chi connectivity index (χ3n) is 1.55. The maximum Gasteiger partial charge on any atom is 0.296 e. The molecular weight excluding hydrogens is 184 g/mol. The van der Waals surface area contributed by atoms with Gasteiger partial charge in [0, 0.05) is 6.08 Å². The molecule has 0 heterocycles. The Morgan fingerprint density at radius 3 is 2.93 bits per heavy atom. The Kier molecular flexibility index (Phi) is 4.64. The van der Waals surface area contributed by atoms with Crippen LogP contribution in [0.25, 0.3) is 5.53 Å². The van der Waals surface area contributed by atoms with E-state index in [2.05, 4.69) is 14.7 Å². The van der Waals surface area contributed by atoms with Crippen LogP contribution in [-0.2, 0) is 14.8 Å². The first-order valence-electron chi connectivity index (χ1n) is 4.42. The van der Waals surface area contributed by atoms with Gasteiger partial charge in [-0.05, 0) is 23.6 Å². The molecule has 0 aromatic rings. The van der Waals surface area contributed by atoms with E-state index in [4.69, 9.17) is 10.4 Å². The van der Waals surface area contributed by atoms with Crippen LogP contribution >= 0.6 is 0 Å². The molecule has 0 aliphatic heterocycles. The zero-order valence-electron chi connectivity index (χ0n) is 7.97. The quantitative estimate of drug-likeness (QED) is 0.221. The van der Waals surface area contributed by atoms with Crippen LogP contribution in [0.1, 0.15) is 19.8 Å². The predicted molar refractivity (Wildman–Crippen MR) is 48.9 cm³/mol. The first-order chi connectivity index (χ1) is 6.86. The van der Waals surface area contributed by atoms with Gasteiger partial charge in [-0.1, -0.05) is 6.92 Å². The van der Waals surface area contributed by atoms with Gasteiger partial charge >= 0.3 is 0 Å². The summed E-state index contributed by atoms with van der Waals surface area (Å²) in [5.41, 5.74) is 9.01. The number of nitrogens with zero attached hydrogens (tertiary/aromatic N) is 2. The SMILES string of the molecule is CCCOOOC1=CCC(=[N+]=[N-])C=C1. The van der Waals surface area contributed by atoms with Crippen molar-refractivity contribution in [2.24, 2.45) is 0 Å². The lowest BCUT2D eigenvalue weighted by Crippen LogP contribution is -2.02. The molecule has 14 heavy (non-hydrogen) atoms. The highest BCUT2D eigenvalue weighted by molar-refractivity contribution is 5.92. The summed E-state index contributed by atoms with van der Waals surface area (Å²) in [6, 6.07) is 0. The Bertz CT molecular complexity index is 290. The summed E-state index contributed by atoms with van der Waals surface area (Å²) >= 11 is 0. The maximum atomic E-state index is 8.43. The highest BCUT2D eigenvalue weighted by Crippen LogP contribution is 2.08. The molecule has 1 rings (SSSR count). The van der Waals surface area contributed by atoms with E-state index >= 15 is 0 Å². The summed E-state index contributed by atoms with van der Waals surface area (Å²) in [5.74, 6) is 0.536.